The molecule has 5 heterocycles. The Morgan fingerprint density at radius 1 is 0.395 bits per heavy atom. The van der Waals surface area contributed by atoms with Crippen molar-refractivity contribution in [2.75, 3.05) is 0 Å². The van der Waals surface area contributed by atoms with Crippen molar-refractivity contribution >= 4 is 45.4 Å². The van der Waals surface area contributed by atoms with E-state index in [0.717, 1.165) is 0 Å². The highest BCUT2D eigenvalue weighted by Crippen LogP contribution is 2.38. The third-order valence-corrected chi connectivity index (χ3v) is 6.35. The van der Waals surface area contributed by atoms with Gasteiger partial charge in [0.2, 0.25) is 5.82 Å². The summed E-state index contributed by atoms with van der Waals surface area (Å²) < 4.78 is 190. The smallest absolute Gasteiger partial charge is 0.200 e. The van der Waals surface area contributed by atoms with Crippen molar-refractivity contribution in [3.8, 4) is 5.69 Å². The zero-order valence-corrected chi connectivity index (χ0v) is 20.1. The number of nitrogens with one attached hydrogen (secondary N) is 1. The summed E-state index contributed by atoms with van der Waals surface area (Å²) in [4.78, 5) is 8.84. The van der Waals surface area contributed by atoms with E-state index in [1.165, 1.54) is 0 Å². The first-order valence-electron chi connectivity index (χ1n) is 11.3. The van der Waals surface area contributed by atoms with E-state index in [9.17, 15) is 48.3 Å². The normalized spacial score (nSPS) is 13.5. The Hall–Kier alpha value is -5.09. The first-order chi connectivity index (χ1) is 20.2. The SMILES string of the molecule is FC1=C(F)c2cc3c(F)c(F)c(cc4nc(cc5[nH]c(cc1n2)c(F)c5F)C(F)=C4F)n3-c1c(F)c(F)c(F)c(F)c1F. The van der Waals surface area contributed by atoms with Gasteiger partial charge >= 0.3 is 0 Å². The molecule has 4 aromatic rings. The van der Waals surface area contributed by atoms with E-state index in [1.54, 1.807) is 0 Å². The fourth-order valence-corrected chi connectivity index (χ4v) is 4.35. The zero-order valence-electron chi connectivity index (χ0n) is 20.1. The van der Waals surface area contributed by atoms with Crippen molar-refractivity contribution < 1.29 is 57.1 Å². The van der Waals surface area contributed by atoms with Gasteiger partial charge < -0.3 is 4.98 Å². The molecule has 0 fully saturated rings. The first-order valence-corrected chi connectivity index (χ1v) is 11.3. The molecule has 0 atom stereocenters. The first kappa shape index (κ1) is 28.0. The monoisotopic (exact) mass is 620 g/mol. The quantitative estimate of drug-likeness (QED) is 0.132. The number of aromatic nitrogens is 4. The summed E-state index contributed by atoms with van der Waals surface area (Å²) in [5, 5.41) is 0. The summed E-state index contributed by atoms with van der Waals surface area (Å²) in [6.07, 6.45) is 0. The lowest BCUT2D eigenvalue weighted by Crippen LogP contribution is -2.10. The molecule has 3 aromatic heterocycles. The highest BCUT2D eigenvalue weighted by atomic mass is 19.2. The minimum Gasteiger partial charge on any atom is -0.350 e. The minimum absolute atomic E-state index is 0.0705. The molecule has 0 amide bonds. The van der Waals surface area contributed by atoms with Crippen molar-refractivity contribution in [1.82, 2.24) is 19.5 Å². The summed E-state index contributed by atoms with van der Waals surface area (Å²) in [5.74, 6) is -28.7. The molecule has 0 unspecified atom stereocenters. The molecule has 1 N–H and O–H groups in total. The van der Waals surface area contributed by atoms with Crippen LogP contribution in [-0.2, 0) is 0 Å². The third-order valence-electron chi connectivity index (χ3n) is 6.35. The summed E-state index contributed by atoms with van der Waals surface area (Å²) in [7, 11) is 0. The molecular formula is C26H5F13N4. The summed E-state index contributed by atoms with van der Waals surface area (Å²) >= 11 is 0. The molecule has 0 saturated carbocycles. The van der Waals surface area contributed by atoms with Crippen LogP contribution >= 0.6 is 0 Å². The number of hydrogen-bond donors (Lipinski definition) is 1. The number of fused-ring (bicyclic) bond motifs is 8. The van der Waals surface area contributed by atoms with Gasteiger partial charge in [0.1, 0.15) is 28.5 Å². The number of nitrogens with zero attached hydrogens (tertiary/aromatic N) is 3. The van der Waals surface area contributed by atoms with Crippen LogP contribution in [0.2, 0.25) is 0 Å². The van der Waals surface area contributed by atoms with Gasteiger partial charge in [-0.05, 0) is 24.3 Å². The van der Waals surface area contributed by atoms with Crippen LogP contribution in [-0.4, -0.2) is 19.5 Å². The Bertz CT molecular complexity index is 2030. The predicted octanol–water partition coefficient (Wildman–Crippen LogP) is 8.56. The maximum atomic E-state index is 15.3. The lowest BCUT2D eigenvalue weighted by Gasteiger charge is -2.11. The van der Waals surface area contributed by atoms with Crippen LogP contribution in [0.15, 0.2) is 24.3 Å². The Morgan fingerprint density at radius 3 is 1.09 bits per heavy atom. The second-order valence-corrected chi connectivity index (χ2v) is 8.83. The maximum Gasteiger partial charge on any atom is 0.200 e. The lowest BCUT2D eigenvalue weighted by molar-refractivity contribution is 0.376. The van der Waals surface area contributed by atoms with Crippen molar-refractivity contribution in [3.05, 3.63) is 99.4 Å². The zero-order chi connectivity index (χ0) is 31.2. The molecule has 0 spiro atoms. The summed E-state index contributed by atoms with van der Waals surface area (Å²) in [6.45, 7) is 0. The van der Waals surface area contributed by atoms with E-state index in [1.807, 2.05) is 0 Å². The molecule has 0 aliphatic carbocycles. The standard InChI is InChI=1S/C26H5F13N4/c27-13-5-1-7-15(29)17(31)9(41-7)3-11-19(33)20(34)12(43(11)26-24(38)22(36)21(35)23(37)25(26)39)4-10-18(32)16(30)8(42-10)2-6(40-5)14(13)28/h1-4,40H. The number of aromatic amines is 1. The molecule has 220 valence electrons. The Kier molecular flexibility index (Phi) is 6.17. The van der Waals surface area contributed by atoms with Gasteiger partial charge in [-0.25, -0.2) is 67.0 Å². The Morgan fingerprint density at radius 2 is 0.721 bits per heavy atom. The van der Waals surface area contributed by atoms with Gasteiger partial charge in [0.15, 0.2) is 69.8 Å². The highest BCUT2D eigenvalue weighted by Gasteiger charge is 2.32. The minimum atomic E-state index is -2.68. The van der Waals surface area contributed by atoms with Crippen LogP contribution in [0.5, 0.6) is 0 Å². The molecule has 2 aliphatic rings. The fourth-order valence-electron chi connectivity index (χ4n) is 4.35. The molecule has 43 heavy (non-hydrogen) atoms. The second kappa shape index (κ2) is 9.47. The van der Waals surface area contributed by atoms with Crippen molar-refractivity contribution in [3.63, 3.8) is 0 Å². The van der Waals surface area contributed by atoms with E-state index in [-0.39, 0.29) is 16.7 Å². The van der Waals surface area contributed by atoms with E-state index < -0.39 is 126 Å². The molecule has 1 aromatic carbocycles. The number of benzene rings is 1. The Balaban J connectivity index is 1.91. The van der Waals surface area contributed by atoms with Crippen LogP contribution in [0.1, 0.15) is 22.8 Å². The summed E-state index contributed by atoms with van der Waals surface area (Å²) in [5.41, 5.74) is -11.8. The van der Waals surface area contributed by atoms with E-state index in [2.05, 4.69) is 15.0 Å². The van der Waals surface area contributed by atoms with Gasteiger partial charge in [-0.15, -0.1) is 0 Å². The lowest BCUT2D eigenvalue weighted by atomic mass is 10.2. The highest BCUT2D eigenvalue weighted by molar-refractivity contribution is 5.88. The third kappa shape index (κ3) is 3.94. The Labute approximate surface area is 227 Å². The number of rotatable bonds is 1. The number of hydrogen-bond acceptors (Lipinski definition) is 2. The number of halogens is 13. The van der Waals surface area contributed by atoms with Gasteiger partial charge in [0.25, 0.3) is 0 Å². The van der Waals surface area contributed by atoms with Crippen LogP contribution in [0.3, 0.4) is 0 Å². The van der Waals surface area contributed by atoms with E-state index >= 15 is 8.78 Å². The van der Waals surface area contributed by atoms with Crippen LogP contribution in [0.4, 0.5) is 57.1 Å². The van der Waals surface area contributed by atoms with Gasteiger partial charge in [-0.2, -0.15) is 0 Å². The summed E-state index contributed by atoms with van der Waals surface area (Å²) in [6, 6.07) is 0.914. The van der Waals surface area contributed by atoms with Crippen LogP contribution < -0.4 is 0 Å². The molecule has 0 radical (unpaired) electrons. The molecule has 2 aliphatic heterocycles. The van der Waals surface area contributed by atoms with E-state index in [0.29, 0.717) is 12.1 Å². The fraction of sp³-hybridized carbons (Fsp3) is 0. The van der Waals surface area contributed by atoms with Crippen molar-refractivity contribution in [1.29, 1.82) is 0 Å². The number of H-pyrrole nitrogens is 1. The van der Waals surface area contributed by atoms with E-state index in [4.69, 9.17) is 0 Å². The molecule has 0 saturated heterocycles. The average Bonchev–Trinajstić information content (AvgIpc) is 3.58. The van der Waals surface area contributed by atoms with Crippen LogP contribution in [0, 0.1) is 52.4 Å². The largest absolute Gasteiger partial charge is 0.350 e. The second-order valence-electron chi connectivity index (χ2n) is 8.83. The van der Waals surface area contributed by atoms with Gasteiger partial charge in [0.05, 0.1) is 22.1 Å². The van der Waals surface area contributed by atoms with Gasteiger partial charge in [-0.3, -0.25) is 4.57 Å². The van der Waals surface area contributed by atoms with Gasteiger partial charge in [0, 0.05) is 0 Å². The molecule has 4 nitrogen and oxygen atoms in total. The topological polar surface area (TPSA) is 46.5 Å². The molecule has 6 rings (SSSR count). The molecular weight excluding hydrogens is 615 g/mol. The van der Waals surface area contributed by atoms with Crippen molar-refractivity contribution in [2.45, 2.75) is 0 Å². The molecule has 8 bridgehead atoms. The molecule has 17 heteroatoms. The maximum absolute atomic E-state index is 15.3. The average molecular weight is 620 g/mol. The predicted molar refractivity (Wildman–Crippen MR) is 124 cm³/mol. The van der Waals surface area contributed by atoms with Crippen molar-refractivity contribution in [2.24, 2.45) is 0 Å². The van der Waals surface area contributed by atoms with Crippen LogP contribution in [0.25, 0.3) is 51.1 Å². The van der Waals surface area contributed by atoms with Gasteiger partial charge in [-0.1, -0.05) is 0 Å².